The molecule has 90 valence electrons. The van der Waals surface area contributed by atoms with E-state index in [0.29, 0.717) is 6.61 Å². The predicted octanol–water partition coefficient (Wildman–Crippen LogP) is 3.68. The average molecular weight is 265 g/mol. The maximum Gasteiger partial charge on any atom is 0.119 e. The number of ether oxygens (including phenoxy) is 1. The fourth-order valence-electron chi connectivity index (χ4n) is 1.54. The van der Waals surface area contributed by atoms with Gasteiger partial charge in [0.15, 0.2) is 0 Å². The van der Waals surface area contributed by atoms with Crippen LogP contribution >= 0.6 is 24.0 Å². The highest BCUT2D eigenvalue weighted by atomic mass is 32.1. The lowest BCUT2D eigenvalue weighted by Gasteiger charge is -2.03. The summed E-state index contributed by atoms with van der Waals surface area (Å²) in [6.07, 6.45) is 0.935. The maximum atomic E-state index is 5.41. The predicted molar refractivity (Wildman–Crippen MR) is 76.3 cm³/mol. The van der Waals surface area contributed by atoms with Gasteiger partial charge in [0.05, 0.1) is 17.3 Å². The lowest BCUT2D eigenvalue weighted by molar-refractivity contribution is 0.340. The van der Waals surface area contributed by atoms with Crippen molar-refractivity contribution in [1.29, 1.82) is 0 Å². The molecule has 2 rings (SSSR count). The zero-order valence-electron chi connectivity index (χ0n) is 9.72. The fraction of sp³-hybridized carbons (Fsp3) is 0.308. The second-order valence-electron chi connectivity index (χ2n) is 3.56. The molecule has 0 spiro atoms. The highest BCUT2D eigenvalue weighted by molar-refractivity contribution is 7.80. The second kappa shape index (κ2) is 6.07. The van der Waals surface area contributed by atoms with E-state index in [1.807, 2.05) is 31.2 Å². The molecule has 0 fully saturated rings. The molecule has 0 aliphatic heterocycles. The van der Waals surface area contributed by atoms with Gasteiger partial charge in [0.1, 0.15) is 5.75 Å². The van der Waals surface area contributed by atoms with Crippen molar-refractivity contribution in [1.82, 2.24) is 4.98 Å². The molecule has 1 heterocycles. The van der Waals surface area contributed by atoms with Crippen LogP contribution in [0, 0.1) is 0 Å². The van der Waals surface area contributed by atoms with Gasteiger partial charge in [-0.1, -0.05) is 0 Å². The minimum Gasteiger partial charge on any atom is -0.494 e. The molecule has 2 nitrogen and oxygen atoms in total. The zero-order chi connectivity index (χ0) is 12.1. The quantitative estimate of drug-likeness (QED) is 0.833. The summed E-state index contributed by atoms with van der Waals surface area (Å²) in [5, 5.41) is 3.23. The topological polar surface area (TPSA) is 22.1 Å². The summed E-state index contributed by atoms with van der Waals surface area (Å²) in [6, 6.07) is 8.06. The SMILES string of the molecule is CCOc1ccc(-c2csc(CCS)n2)cc1. The van der Waals surface area contributed by atoms with E-state index in [1.165, 1.54) is 0 Å². The number of hydrogen-bond acceptors (Lipinski definition) is 4. The van der Waals surface area contributed by atoms with Crippen LogP contribution in [0.3, 0.4) is 0 Å². The molecule has 0 N–H and O–H groups in total. The summed E-state index contributed by atoms with van der Waals surface area (Å²) in [5.41, 5.74) is 2.17. The molecule has 17 heavy (non-hydrogen) atoms. The Morgan fingerprint density at radius 2 is 2.06 bits per heavy atom. The molecule has 0 saturated heterocycles. The lowest BCUT2D eigenvalue weighted by atomic mass is 10.2. The van der Waals surface area contributed by atoms with Crippen LogP contribution < -0.4 is 4.74 Å². The first kappa shape index (κ1) is 12.5. The molecule has 0 aliphatic carbocycles. The minimum atomic E-state index is 0.697. The van der Waals surface area contributed by atoms with Crippen LogP contribution in [-0.4, -0.2) is 17.3 Å². The molecule has 0 bridgehead atoms. The second-order valence-corrected chi connectivity index (χ2v) is 4.95. The highest BCUT2D eigenvalue weighted by Crippen LogP contribution is 2.24. The van der Waals surface area contributed by atoms with Gasteiger partial charge in [0.25, 0.3) is 0 Å². The Balaban J connectivity index is 2.15. The van der Waals surface area contributed by atoms with E-state index in [9.17, 15) is 0 Å². The molecule has 4 heteroatoms. The van der Waals surface area contributed by atoms with E-state index in [2.05, 4.69) is 23.0 Å². The van der Waals surface area contributed by atoms with Crippen LogP contribution in [0.25, 0.3) is 11.3 Å². The Morgan fingerprint density at radius 3 is 2.71 bits per heavy atom. The lowest BCUT2D eigenvalue weighted by Crippen LogP contribution is -1.90. The summed E-state index contributed by atoms with van der Waals surface area (Å²) in [4.78, 5) is 4.57. The monoisotopic (exact) mass is 265 g/mol. The van der Waals surface area contributed by atoms with Gasteiger partial charge in [-0.05, 0) is 36.9 Å². The molecule has 1 aromatic heterocycles. The molecular weight excluding hydrogens is 250 g/mol. The van der Waals surface area contributed by atoms with Crippen LogP contribution in [0.2, 0.25) is 0 Å². The number of hydrogen-bond donors (Lipinski definition) is 1. The number of thiazole rings is 1. The largest absolute Gasteiger partial charge is 0.494 e. The van der Waals surface area contributed by atoms with E-state index in [0.717, 1.165) is 34.2 Å². The maximum absolute atomic E-state index is 5.41. The van der Waals surface area contributed by atoms with Crippen LogP contribution in [0.5, 0.6) is 5.75 Å². The van der Waals surface area contributed by atoms with Crippen LogP contribution in [0.15, 0.2) is 29.6 Å². The third kappa shape index (κ3) is 3.23. The summed E-state index contributed by atoms with van der Waals surface area (Å²) in [6.45, 7) is 2.68. The van der Waals surface area contributed by atoms with Crippen molar-refractivity contribution in [3.05, 3.63) is 34.7 Å². The molecule has 1 aromatic carbocycles. The van der Waals surface area contributed by atoms with Gasteiger partial charge in [-0.15, -0.1) is 11.3 Å². The van der Waals surface area contributed by atoms with E-state index >= 15 is 0 Å². The summed E-state index contributed by atoms with van der Waals surface area (Å²) in [7, 11) is 0. The Morgan fingerprint density at radius 1 is 1.29 bits per heavy atom. The molecule has 0 atom stereocenters. The minimum absolute atomic E-state index is 0.697. The summed E-state index contributed by atoms with van der Waals surface area (Å²) in [5.74, 6) is 1.75. The van der Waals surface area contributed by atoms with Crippen LogP contribution in [-0.2, 0) is 6.42 Å². The molecule has 0 unspecified atom stereocenters. The first-order valence-electron chi connectivity index (χ1n) is 5.62. The summed E-state index contributed by atoms with van der Waals surface area (Å²) < 4.78 is 5.41. The zero-order valence-corrected chi connectivity index (χ0v) is 11.4. The molecule has 0 amide bonds. The van der Waals surface area contributed by atoms with Gasteiger partial charge in [-0.2, -0.15) is 12.6 Å². The van der Waals surface area contributed by atoms with E-state index in [1.54, 1.807) is 11.3 Å². The van der Waals surface area contributed by atoms with Crippen molar-refractivity contribution in [2.45, 2.75) is 13.3 Å². The standard InChI is InChI=1S/C13H15NOS2/c1-2-15-11-5-3-10(4-6-11)12-9-17-13(14-12)7-8-16/h3-6,9,16H,2,7-8H2,1H3. The molecular formula is C13H15NOS2. The van der Waals surface area contributed by atoms with Crippen LogP contribution in [0.4, 0.5) is 0 Å². The van der Waals surface area contributed by atoms with Crippen molar-refractivity contribution >= 4 is 24.0 Å². The fourth-order valence-corrected chi connectivity index (χ4v) is 2.71. The Hall–Kier alpha value is -1.00. The van der Waals surface area contributed by atoms with Crippen molar-refractivity contribution in [3.63, 3.8) is 0 Å². The van der Waals surface area contributed by atoms with E-state index in [4.69, 9.17) is 4.74 Å². The molecule has 2 aromatic rings. The van der Waals surface area contributed by atoms with Gasteiger partial charge in [-0.25, -0.2) is 4.98 Å². The van der Waals surface area contributed by atoms with Gasteiger partial charge in [0, 0.05) is 17.4 Å². The average Bonchev–Trinajstić information content (AvgIpc) is 2.80. The Labute approximate surface area is 111 Å². The van der Waals surface area contributed by atoms with E-state index in [-0.39, 0.29) is 0 Å². The van der Waals surface area contributed by atoms with Crippen molar-refractivity contribution in [2.24, 2.45) is 0 Å². The normalized spacial score (nSPS) is 10.5. The number of thiol groups is 1. The first-order valence-corrected chi connectivity index (χ1v) is 7.13. The molecule has 0 radical (unpaired) electrons. The number of benzene rings is 1. The third-order valence-corrected chi connectivity index (χ3v) is 3.47. The van der Waals surface area contributed by atoms with Crippen molar-refractivity contribution in [3.8, 4) is 17.0 Å². The number of aryl methyl sites for hydroxylation is 1. The Kier molecular flexibility index (Phi) is 4.45. The van der Waals surface area contributed by atoms with Crippen molar-refractivity contribution < 1.29 is 4.74 Å². The van der Waals surface area contributed by atoms with Gasteiger partial charge in [0.2, 0.25) is 0 Å². The highest BCUT2D eigenvalue weighted by Gasteiger charge is 2.04. The van der Waals surface area contributed by atoms with Gasteiger partial charge < -0.3 is 4.74 Å². The van der Waals surface area contributed by atoms with Gasteiger partial charge >= 0.3 is 0 Å². The third-order valence-electron chi connectivity index (χ3n) is 2.34. The molecule has 0 saturated carbocycles. The van der Waals surface area contributed by atoms with Crippen LogP contribution in [0.1, 0.15) is 11.9 Å². The van der Waals surface area contributed by atoms with Gasteiger partial charge in [-0.3, -0.25) is 0 Å². The van der Waals surface area contributed by atoms with Crippen molar-refractivity contribution in [2.75, 3.05) is 12.4 Å². The Bertz CT molecular complexity index is 465. The summed E-state index contributed by atoms with van der Waals surface area (Å²) >= 11 is 5.91. The number of nitrogens with zero attached hydrogens (tertiary/aromatic N) is 1. The number of aromatic nitrogens is 1. The molecule has 0 aliphatic rings. The number of rotatable bonds is 5. The smallest absolute Gasteiger partial charge is 0.119 e. The first-order chi connectivity index (χ1) is 8.33. The van der Waals surface area contributed by atoms with E-state index < -0.39 is 0 Å².